The van der Waals surface area contributed by atoms with Crippen LogP contribution in [0.5, 0.6) is 0 Å². The highest BCUT2D eigenvalue weighted by molar-refractivity contribution is 6.39. The third-order valence-corrected chi connectivity index (χ3v) is 6.57. The molecule has 0 spiro atoms. The largest absolute Gasteiger partial charge is 0.364 e. The first-order valence-corrected chi connectivity index (χ1v) is 11.7. The number of carbonyl (C=O) groups excluding carboxylic acids is 3. The van der Waals surface area contributed by atoms with Gasteiger partial charge < -0.3 is 11.1 Å². The first-order chi connectivity index (χ1) is 17.3. The van der Waals surface area contributed by atoms with E-state index in [-0.39, 0.29) is 28.1 Å². The number of anilines is 2. The van der Waals surface area contributed by atoms with Crippen molar-refractivity contribution in [3.63, 3.8) is 0 Å². The Morgan fingerprint density at radius 3 is 2.53 bits per heavy atom. The maximum absolute atomic E-state index is 12.8. The molecule has 0 unspecified atom stereocenters. The van der Waals surface area contributed by atoms with Gasteiger partial charge in [0.2, 0.25) is 0 Å². The Morgan fingerprint density at radius 1 is 1.06 bits per heavy atom. The van der Waals surface area contributed by atoms with E-state index in [1.165, 1.54) is 13.1 Å². The predicted molar refractivity (Wildman–Crippen MR) is 139 cm³/mol. The molecular formula is C27H22ClN5O3. The Morgan fingerprint density at radius 2 is 1.83 bits per heavy atom. The molecule has 0 atom stereocenters. The lowest BCUT2D eigenvalue weighted by Gasteiger charge is -2.34. The summed E-state index contributed by atoms with van der Waals surface area (Å²) in [7, 11) is 0. The Bertz CT molecular complexity index is 1480. The number of nitrogens with zero attached hydrogens (tertiary/aromatic N) is 3. The summed E-state index contributed by atoms with van der Waals surface area (Å²) in [4.78, 5) is 40.6. The first-order valence-electron chi connectivity index (χ1n) is 11.4. The normalized spacial score (nSPS) is 14.5. The molecule has 180 valence electrons. The van der Waals surface area contributed by atoms with Gasteiger partial charge in [0.05, 0.1) is 16.9 Å². The second kappa shape index (κ2) is 9.39. The maximum Gasteiger partial charge on any atom is 0.265 e. The SMILES string of the molecule is CC(=O)c1ccc(N2N=C(C(N)=O)CC3=C2c2cc(NC(=O)c4cccnc4Cl)ccc2CC3)cc1. The number of aromatic nitrogens is 1. The van der Waals surface area contributed by atoms with Crippen molar-refractivity contribution in [3.05, 3.63) is 93.8 Å². The average Bonchev–Trinajstić information content (AvgIpc) is 2.88. The van der Waals surface area contributed by atoms with Gasteiger partial charge in [-0.25, -0.2) is 9.99 Å². The Hall–Kier alpha value is -4.30. The molecule has 1 aliphatic heterocycles. The number of rotatable bonds is 5. The van der Waals surface area contributed by atoms with Gasteiger partial charge >= 0.3 is 0 Å². The number of ketones is 1. The molecule has 1 aliphatic carbocycles. The highest BCUT2D eigenvalue weighted by Gasteiger charge is 2.31. The van der Waals surface area contributed by atoms with E-state index < -0.39 is 5.91 Å². The van der Waals surface area contributed by atoms with Crippen LogP contribution in [-0.2, 0) is 11.2 Å². The van der Waals surface area contributed by atoms with Crippen molar-refractivity contribution in [2.45, 2.75) is 26.2 Å². The summed E-state index contributed by atoms with van der Waals surface area (Å²) in [5, 5.41) is 9.30. The van der Waals surface area contributed by atoms with Crippen molar-refractivity contribution in [3.8, 4) is 0 Å². The number of amides is 2. The van der Waals surface area contributed by atoms with Gasteiger partial charge in [-0.1, -0.05) is 17.7 Å². The van der Waals surface area contributed by atoms with Crippen molar-refractivity contribution >= 4 is 52.0 Å². The second-order valence-electron chi connectivity index (χ2n) is 8.62. The number of nitrogens with two attached hydrogens (primary N) is 1. The number of fused-ring (bicyclic) bond motifs is 2. The first kappa shape index (κ1) is 23.4. The number of pyridine rings is 1. The highest BCUT2D eigenvalue weighted by Crippen LogP contribution is 2.41. The number of hydrogen-bond acceptors (Lipinski definition) is 6. The topological polar surface area (TPSA) is 118 Å². The fourth-order valence-corrected chi connectivity index (χ4v) is 4.65. The van der Waals surface area contributed by atoms with Gasteiger partial charge in [-0.05, 0) is 79.4 Å². The molecule has 2 aliphatic rings. The van der Waals surface area contributed by atoms with E-state index in [0.29, 0.717) is 23.4 Å². The summed E-state index contributed by atoms with van der Waals surface area (Å²) < 4.78 is 0. The standard InChI is InChI=1S/C27H22ClN5O3/c1-15(34)16-7-10-20(11-8-16)33-24-18(13-23(32-33)26(29)35)5-4-17-6-9-19(14-22(17)24)31-27(36)21-3-2-12-30-25(21)28/h2-3,6-12,14H,4-5,13H2,1H3,(H2,29,35)(H,31,36). The fourth-order valence-electron chi connectivity index (χ4n) is 4.45. The van der Waals surface area contributed by atoms with Crippen LogP contribution in [0.25, 0.3) is 5.70 Å². The second-order valence-corrected chi connectivity index (χ2v) is 8.98. The summed E-state index contributed by atoms with van der Waals surface area (Å²) in [6.07, 6.45) is 3.40. The lowest BCUT2D eigenvalue weighted by atomic mass is 9.85. The number of hydrogen-bond donors (Lipinski definition) is 2. The van der Waals surface area contributed by atoms with Crippen molar-refractivity contribution in [2.75, 3.05) is 10.3 Å². The van der Waals surface area contributed by atoms with Crippen LogP contribution in [0.2, 0.25) is 5.15 Å². The van der Waals surface area contributed by atoms with Gasteiger partial charge in [0.15, 0.2) is 5.78 Å². The molecule has 0 radical (unpaired) electrons. The van der Waals surface area contributed by atoms with E-state index in [1.54, 1.807) is 41.4 Å². The summed E-state index contributed by atoms with van der Waals surface area (Å²) in [6, 6.07) is 16.0. The van der Waals surface area contributed by atoms with E-state index >= 15 is 0 Å². The minimum Gasteiger partial charge on any atom is -0.364 e. The van der Waals surface area contributed by atoms with Gasteiger partial charge in [0, 0.05) is 29.4 Å². The maximum atomic E-state index is 12.8. The van der Waals surface area contributed by atoms with Crippen LogP contribution < -0.4 is 16.1 Å². The van der Waals surface area contributed by atoms with Crippen LogP contribution in [0.15, 0.2) is 71.5 Å². The van der Waals surface area contributed by atoms with Gasteiger partial charge in [0.25, 0.3) is 11.8 Å². The summed E-state index contributed by atoms with van der Waals surface area (Å²) in [6.45, 7) is 1.51. The molecule has 2 aromatic carbocycles. The molecule has 8 nitrogen and oxygen atoms in total. The smallest absolute Gasteiger partial charge is 0.265 e. The van der Waals surface area contributed by atoms with Crippen molar-refractivity contribution < 1.29 is 14.4 Å². The van der Waals surface area contributed by atoms with E-state index in [1.807, 2.05) is 18.2 Å². The van der Waals surface area contributed by atoms with Crippen LogP contribution in [0.1, 0.15) is 51.6 Å². The third kappa shape index (κ3) is 4.38. The van der Waals surface area contributed by atoms with Gasteiger partial charge in [0.1, 0.15) is 10.9 Å². The Balaban J connectivity index is 1.55. The molecule has 9 heteroatoms. The molecule has 0 fully saturated rings. The number of aryl methyl sites for hydroxylation is 1. The predicted octanol–water partition coefficient (Wildman–Crippen LogP) is 4.60. The van der Waals surface area contributed by atoms with Crippen LogP contribution >= 0.6 is 11.6 Å². The minimum atomic E-state index is -0.577. The summed E-state index contributed by atoms with van der Waals surface area (Å²) >= 11 is 6.09. The van der Waals surface area contributed by atoms with Crippen molar-refractivity contribution in [2.24, 2.45) is 10.8 Å². The molecule has 0 saturated carbocycles. The number of hydrazone groups is 1. The highest BCUT2D eigenvalue weighted by atomic mass is 35.5. The molecule has 0 saturated heterocycles. The number of nitrogens with one attached hydrogen (secondary N) is 1. The van der Waals surface area contributed by atoms with Crippen molar-refractivity contribution in [1.82, 2.24) is 4.98 Å². The van der Waals surface area contributed by atoms with E-state index in [4.69, 9.17) is 17.3 Å². The number of benzene rings is 2. The quantitative estimate of drug-likeness (QED) is 0.393. The monoisotopic (exact) mass is 499 g/mol. The summed E-state index contributed by atoms with van der Waals surface area (Å²) in [5.41, 5.74) is 11.9. The zero-order chi connectivity index (χ0) is 25.4. The van der Waals surface area contributed by atoms with Gasteiger partial charge in [-0.3, -0.25) is 14.4 Å². The zero-order valence-electron chi connectivity index (χ0n) is 19.4. The fraction of sp³-hybridized carbons (Fsp3) is 0.148. The minimum absolute atomic E-state index is 0.0430. The Labute approximate surface area is 212 Å². The van der Waals surface area contributed by atoms with E-state index in [9.17, 15) is 14.4 Å². The van der Waals surface area contributed by atoms with Gasteiger partial charge in [-0.2, -0.15) is 5.10 Å². The lowest BCUT2D eigenvalue weighted by Crippen LogP contribution is -2.33. The molecular weight excluding hydrogens is 478 g/mol. The lowest BCUT2D eigenvalue weighted by molar-refractivity contribution is -0.112. The number of Topliss-reactive ketones (excluding diaryl/α,β-unsaturated/α-hetero) is 1. The van der Waals surface area contributed by atoms with Crippen LogP contribution in [0.3, 0.4) is 0 Å². The molecule has 5 rings (SSSR count). The molecule has 0 bridgehead atoms. The van der Waals surface area contributed by atoms with Crippen LogP contribution in [0.4, 0.5) is 11.4 Å². The average molecular weight is 500 g/mol. The zero-order valence-corrected chi connectivity index (χ0v) is 20.2. The molecule has 2 heterocycles. The van der Waals surface area contributed by atoms with Crippen LogP contribution in [0, 0.1) is 0 Å². The number of primary amides is 1. The Kier molecular flexibility index (Phi) is 6.12. The van der Waals surface area contributed by atoms with E-state index in [0.717, 1.165) is 35.2 Å². The molecule has 2 amide bonds. The van der Waals surface area contributed by atoms with Crippen molar-refractivity contribution in [1.29, 1.82) is 0 Å². The molecule has 1 aromatic heterocycles. The summed E-state index contributed by atoms with van der Waals surface area (Å²) in [5.74, 6) is -0.988. The number of halogens is 1. The number of carbonyl (C=O) groups is 3. The van der Waals surface area contributed by atoms with E-state index in [2.05, 4.69) is 15.4 Å². The number of allylic oxidation sites excluding steroid dienone is 1. The van der Waals surface area contributed by atoms with Gasteiger partial charge in [-0.15, -0.1) is 0 Å². The molecule has 36 heavy (non-hydrogen) atoms. The molecule has 3 aromatic rings. The molecule has 3 N–H and O–H groups in total. The third-order valence-electron chi connectivity index (χ3n) is 6.27. The van der Waals surface area contributed by atoms with Crippen LogP contribution in [-0.4, -0.2) is 28.3 Å².